The minimum Gasteiger partial charge on any atom is -0.354 e. The summed E-state index contributed by atoms with van der Waals surface area (Å²) in [6.45, 7) is 9.73. The lowest BCUT2D eigenvalue weighted by Gasteiger charge is -2.34. The lowest BCUT2D eigenvalue weighted by molar-refractivity contribution is 0.237. The molecule has 9 nitrogen and oxygen atoms in total. The third-order valence-electron chi connectivity index (χ3n) is 5.48. The molecule has 158 valence electrons. The molecule has 0 aliphatic carbocycles. The number of carbonyl (C=O) groups excluding carboxylic acids is 1. The number of fused-ring (bicyclic) bond motifs is 1. The van der Waals surface area contributed by atoms with E-state index in [1.54, 1.807) is 0 Å². The summed E-state index contributed by atoms with van der Waals surface area (Å²) in [5, 5.41) is 14.1. The number of hydrogen-bond acceptors (Lipinski definition) is 6. The van der Waals surface area contributed by atoms with Gasteiger partial charge >= 0.3 is 6.03 Å². The molecule has 0 saturated carbocycles. The summed E-state index contributed by atoms with van der Waals surface area (Å²) in [7, 11) is 0. The van der Waals surface area contributed by atoms with Gasteiger partial charge in [-0.25, -0.2) is 9.78 Å². The highest BCUT2D eigenvalue weighted by Gasteiger charge is 2.17. The number of urea groups is 1. The smallest absolute Gasteiger partial charge is 0.315 e. The molecule has 2 amide bonds. The molecule has 1 aliphatic rings. The molecule has 0 bridgehead atoms. The van der Waals surface area contributed by atoms with Crippen molar-refractivity contribution in [1.29, 1.82) is 0 Å². The maximum absolute atomic E-state index is 12.3. The van der Waals surface area contributed by atoms with Crippen LogP contribution >= 0.6 is 0 Å². The van der Waals surface area contributed by atoms with Crippen molar-refractivity contribution in [3.63, 3.8) is 0 Å². The standard InChI is InChI=1S/C21H28N8O/c1-3-27-10-12-28(13-11-27)18-8-7-17(14-22-18)15-23-21(30)24-16(2)20-26-25-19-6-4-5-9-29(19)20/h4-9,14,16H,3,10-13,15H2,1-2H3,(H2,23,24,30). The second kappa shape index (κ2) is 9.08. The molecule has 4 heterocycles. The van der Waals surface area contributed by atoms with Crippen molar-refractivity contribution < 1.29 is 4.79 Å². The van der Waals surface area contributed by atoms with Crippen LogP contribution < -0.4 is 15.5 Å². The molecule has 1 aliphatic heterocycles. The maximum Gasteiger partial charge on any atom is 0.315 e. The van der Waals surface area contributed by atoms with Gasteiger partial charge in [-0.1, -0.05) is 19.1 Å². The fraction of sp³-hybridized carbons (Fsp3) is 0.429. The SMILES string of the molecule is CCN1CCN(c2ccc(CNC(=O)NC(C)c3nnc4ccccn34)cn2)CC1. The van der Waals surface area contributed by atoms with E-state index >= 15 is 0 Å². The summed E-state index contributed by atoms with van der Waals surface area (Å²) in [5.41, 5.74) is 1.71. The summed E-state index contributed by atoms with van der Waals surface area (Å²) in [6.07, 6.45) is 3.72. The fourth-order valence-electron chi connectivity index (χ4n) is 3.65. The molecule has 2 N–H and O–H groups in total. The number of hydrogen-bond donors (Lipinski definition) is 2. The van der Waals surface area contributed by atoms with Crippen LogP contribution in [-0.2, 0) is 6.54 Å². The van der Waals surface area contributed by atoms with Crippen LogP contribution in [0.1, 0.15) is 31.3 Å². The lowest BCUT2D eigenvalue weighted by Crippen LogP contribution is -2.46. The van der Waals surface area contributed by atoms with E-state index in [9.17, 15) is 4.79 Å². The first-order valence-corrected chi connectivity index (χ1v) is 10.4. The molecule has 1 unspecified atom stereocenters. The number of amides is 2. The van der Waals surface area contributed by atoms with E-state index in [0.29, 0.717) is 12.4 Å². The molecule has 4 rings (SSSR count). The van der Waals surface area contributed by atoms with Gasteiger partial charge in [0.2, 0.25) is 0 Å². The molecule has 1 atom stereocenters. The van der Waals surface area contributed by atoms with Crippen molar-refractivity contribution in [2.75, 3.05) is 37.6 Å². The summed E-state index contributed by atoms with van der Waals surface area (Å²) in [6, 6.07) is 9.21. The number of carbonyl (C=O) groups is 1. The van der Waals surface area contributed by atoms with Crippen LogP contribution in [0, 0.1) is 0 Å². The first kappa shape index (κ1) is 20.1. The number of rotatable bonds is 6. The average Bonchev–Trinajstić information content (AvgIpc) is 3.22. The van der Waals surface area contributed by atoms with Crippen molar-refractivity contribution in [3.05, 3.63) is 54.1 Å². The Bertz CT molecular complexity index is 978. The van der Waals surface area contributed by atoms with Gasteiger partial charge in [0, 0.05) is 45.1 Å². The normalized spacial score (nSPS) is 15.9. The van der Waals surface area contributed by atoms with Gasteiger partial charge in [0.15, 0.2) is 11.5 Å². The number of anilines is 1. The third kappa shape index (κ3) is 4.51. The Morgan fingerprint density at radius 1 is 1.13 bits per heavy atom. The van der Waals surface area contributed by atoms with Crippen LogP contribution in [0.2, 0.25) is 0 Å². The van der Waals surface area contributed by atoms with Gasteiger partial charge in [0.25, 0.3) is 0 Å². The molecular formula is C21H28N8O. The van der Waals surface area contributed by atoms with E-state index in [-0.39, 0.29) is 12.1 Å². The minimum atomic E-state index is -0.273. The largest absolute Gasteiger partial charge is 0.354 e. The van der Waals surface area contributed by atoms with E-state index < -0.39 is 0 Å². The topological polar surface area (TPSA) is 90.7 Å². The molecule has 1 fully saturated rings. The fourth-order valence-corrected chi connectivity index (χ4v) is 3.65. The second-order valence-electron chi connectivity index (χ2n) is 7.48. The number of piperazine rings is 1. The Morgan fingerprint density at radius 2 is 1.97 bits per heavy atom. The van der Waals surface area contributed by atoms with E-state index in [0.717, 1.165) is 49.8 Å². The molecule has 0 spiro atoms. The first-order chi connectivity index (χ1) is 14.6. The van der Waals surface area contributed by atoms with Crippen LogP contribution in [0.25, 0.3) is 5.65 Å². The van der Waals surface area contributed by atoms with Gasteiger partial charge in [-0.3, -0.25) is 4.40 Å². The van der Waals surface area contributed by atoms with Crippen molar-refractivity contribution in [2.24, 2.45) is 0 Å². The Labute approximate surface area is 176 Å². The number of nitrogens with one attached hydrogen (secondary N) is 2. The zero-order valence-corrected chi connectivity index (χ0v) is 17.5. The predicted molar refractivity (Wildman–Crippen MR) is 115 cm³/mol. The van der Waals surface area contributed by atoms with E-state index in [4.69, 9.17) is 0 Å². The summed E-state index contributed by atoms with van der Waals surface area (Å²) in [5.74, 6) is 1.68. The van der Waals surface area contributed by atoms with Crippen LogP contribution in [-0.4, -0.2) is 63.2 Å². The summed E-state index contributed by atoms with van der Waals surface area (Å²) in [4.78, 5) is 21.6. The molecule has 0 radical (unpaired) electrons. The molecule has 1 saturated heterocycles. The van der Waals surface area contributed by atoms with Crippen molar-refractivity contribution in [2.45, 2.75) is 26.4 Å². The Hall–Kier alpha value is -3.20. The van der Waals surface area contributed by atoms with Crippen molar-refractivity contribution in [3.8, 4) is 0 Å². The molecule has 3 aromatic rings. The van der Waals surface area contributed by atoms with Gasteiger partial charge in [-0.05, 0) is 37.2 Å². The number of pyridine rings is 2. The molecular weight excluding hydrogens is 380 g/mol. The summed E-state index contributed by atoms with van der Waals surface area (Å²) >= 11 is 0. The monoisotopic (exact) mass is 408 g/mol. The highest BCUT2D eigenvalue weighted by Crippen LogP contribution is 2.14. The van der Waals surface area contributed by atoms with Crippen LogP contribution in [0.3, 0.4) is 0 Å². The van der Waals surface area contributed by atoms with Gasteiger partial charge in [0.1, 0.15) is 5.82 Å². The summed E-state index contributed by atoms with van der Waals surface area (Å²) < 4.78 is 1.87. The number of nitrogens with zero attached hydrogens (tertiary/aromatic N) is 6. The van der Waals surface area contributed by atoms with Gasteiger partial charge in [-0.15, -0.1) is 10.2 Å². The highest BCUT2D eigenvalue weighted by atomic mass is 16.2. The second-order valence-corrected chi connectivity index (χ2v) is 7.48. The first-order valence-electron chi connectivity index (χ1n) is 10.4. The zero-order valence-electron chi connectivity index (χ0n) is 17.5. The average molecular weight is 409 g/mol. The molecule has 30 heavy (non-hydrogen) atoms. The van der Waals surface area contributed by atoms with E-state index in [1.807, 2.05) is 54.0 Å². The van der Waals surface area contributed by atoms with Gasteiger partial charge in [0.05, 0.1) is 6.04 Å². The predicted octanol–water partition coefficient (Wildman–Crippen LogP) is 1.83. The minimum absolute atomic E-state index is 0.255. The third-order valence-corrected chi connectivity index (χ3v) is 5.48. The number of aromatic nitrogens is 4. The zero-order chi connectivity index (χ0) is 20.9. The van der Waals surface area contributed by atoms with Gasteiger partial charge in [-0.2, -0.15) is 0 Å². The van der Waals surface area contributed by atoms with Gasteiger partial charge < -0.3 is 20.4 Å². The van der Waals surface area contributed by atoms with E-state index in [2.05, 4.69) is 42.5 Å². The maximum atomic E-state index is 12.3. The van der Waals surface area contributed by atoms with Crippen LogP contribution in [0.15, 0.2) is 42.7 Å². The van der Waals surface area contributed by atoms with Crippen molar-refractivity contribution >= 4 is 17.5 Å². The van der Waals surface area contributed by atoms with Crippen molar-refractivity contribution in [1.82, 2.24) is 35.1 Å². The van der Waals surface area contributed by atoms with Crippen LogP contribution in [0.5, 0.6) is 0 Å². The molecule has 3 aromatic heterocycles. The Morgan fingerprint density at radius 3 is 2.70 bits per heavy atom. The Balaban J connectivity index is 1.27. The lowest BCUT2D eigenvalue weighted by atomic mass is 10.2. The Kier molecular flexibility index (Phi) is 6.08. The molecule has 9 heteroatoms. The quantitative estimate of drug-likeness (QED) is 0.647. The highest BCUT2D eigenvalue weighted by molar-refractivity contribution is 5.74. The van der Waals surface area contributed by atoms with Crippen LogP contribution in [0.4, 0.5) is 10.6 Å². The van der Waals surface area contributed by atoms with E-state index in [1.165, 1.54) is 0 Å². The number of likely N-dealkylation sites (N-methyl/N-ethyl adjacent to an activating group) is 1. The molecule has 0 aromatic carbocycles.